The highest BCUT2D eigenvalue weighted by molar-refractivity contribution is 7.90. The third-order valence-electron chi connectivity index (χ3n) is 2.62. The van der Waals surface area contributed by atoms with E-state index in [0.29, 0.717) is 12.1 Å². The van der Waals surface area contributed by atoms with Crippen LogP contribution >= 0.6 is 0 Å². The van der Waals surface area contributed by atoms with Crippen LogP contribution in [0, 0.1) is 0 Å². The second kappa shape index (κ2) is 5.45. The predicted molar refractivity (Wildman–Crippen MR) is 72.3 cm³/mol. The normalized spacial score (nSPS) is 16.3. The number of amidine groups is 1. The van der Waals surface area contributed by atoms with Gasteiger partial charge in [0.2, 0.25) is 0 Å². The first kappa shape index (κ1) is 13.6. The van der Waals surface area contributed by atoms with Gasteiger partial charge >= 0.3 is 0 Å². The Hall–Kier alpha value is -1.80. The maximum Gasteiger partial charge on any atom is 0.299 e. The first-order valence-corrected chi connectivity index (χ1v) is 7.32. The predicted octanol–water partition coefficient (Wildman–Crippen LogP) is 0.384. The van der Waals surface area contributed by atoms with Gasteiger partial charge in [-0.2, -0.15) is 13.1 Å². The van der Waals surface area contributed by atoms with Crippen LogP contribution < -0.4 is 15.2 Å². The molecule has 0 atom stereocenters. The summed E-state index contributed by atoms with van der Waals surface area (Å²) in [5, 5.41) is 11.3. The summed E-state index contributed by atoms with van der Waals surface area (Å²) >= 11 is 0. The van der Waals surface area contributed by atoms with Crippen LogP contribution in [0.4, 0.5) is 5.69 Å². The fourth-order valence-corrected chi connectivity index (χ4v) is 2.72. The van der Waals surface area contributed by atoms with E-state index in [9.17, 15) is 8.42 Å². The van der Waals surface area contributed by atoms with E-state index in [1.165, 1.54) is 0 Å². The van der Waals surface area contributed by atoms with Crippen LogP contribution in [-0.4, -0.2) is 25.5 Å². The van der Waals surface area contributed by atoms with Crippen molar-refractivity contribution in [2.24, 2.45) is 10.9 Å². The molecule has 0 bridgehead atoms. The number of nitrogens with zero attached hydrogens (tertiary/aromatic N) is 1. The van der Waals surface area contributed by atoms with Crippen molar-refractivity contribution in [2.45, 2.75) is 25.3 Å². The molecule has 7 nitrogen and oxygen atoms in total. The third kappa shape index (κ3) is 4.42. The molecule has 19 heavy (non-hydrogen) atoms. The van der Waals surface area contributed by atoms with Gasteiger partial charge in [-0.05, 0) is 30.5 Å². The quantitative estimate of drug-likeness (QED) is 0.261. The molecule has 2 rings (SSSR count). The highest BCUT2D eigenvalue weighted by Crippen LogP contribution is 2.20. The molecule has 1 saturated carbocycles. The topological polar surface area (TPSA) is 117 Å². The highest BCUT2D eigenvalue weighted by atomic mass is 32.2. The SMILES string of the molecule is N/C(Cc1ccc(NS(=O)(=O)NC2CC2)cc1)=N/O. The Morgan fingerprint density at radius 3 is 2.53 bits per heavy atom. The molecule has 1 aromatic carbocycles. The van der Waals surface area contributed by atoms with Crippen molar-refractivity contribution in [2.75, 3.05) is 4.72 Å². The zero-order chi connectivity index (χ0) is 13.9. The van der Waals surface area contributed by atoms with Crippen LogP contribution in [0.2, 0.25) is 0 Å². The molecule has 0 spiro atoms. The standard InChI is InChI=1S/C11H16N4O3S/c12-11(13-16)7-8-1-3-9(4-2-8)14-19(17,18)15-10-5-6-10/h1-4,10,14-16H,5-7H2,(H2,12,13). The monoisotopic (exact) mass is 284 g/mol. The third-order valence-corrected chi connectivity index (χ3v) is 3.77. The molecule has 1 fully saturated rings. The van der Waals surface area contributed by atoms with Crippen LogP contribution in [0.3, 0.4) is 0 Å². The Morgan fingerprint density at radius 2 is 2.00 bits per heavy atom. The molecule has 0 aliphatic heterocycles. The molecular formula is C11H16N4O3S. The number of nitrogens with one attached hydrogen (secondary N) is 2. The van der Waals surface area contributed by atoms with Gasteiger partial charge in [-0.1, -0.05) is 17.3 Å². The summed E-state index contributed by atoms with van der Waals surface area (Å²) in [5.41, 5.74) is 6.68. The number of hydrogen-bond acceptors (Lipinski definition) is 4. The van der Waals surface area contributed by atoms with E-state index in [-0.39, 0.29) is 11.9 Å². The summed E-state index contributed by atoms with van der Waals surface area (Å²) < 4.78 is 28.3. The Labute approximate surface area is 111 Å². The Balaban J connectivity index is 1.98. The summed E-state index contributed by atoms with van der Waals surface area (Å²) in [5.74, 6) is 0.101. The molecule has 1 aromatic rings. The number of rotatable bonds is 6. The van der Waals surface area contributed by atoms with Crippen molar-refractivity contribution in [1.29, 1.82) is 0 Å². The number of hydrogen-bond donors (Lipinski definition) is 4. The van der Waals surface area contributed by atoms with E-state index in [1.54, 1.807) is 24.3 Å². The van der Waals surface area contributed by atoms with Crippen LogP contribution in [0.1, 0.15) is 18.4 Å². The maximum atomic E-state index is 11.7. The van der Waals surface area contributed by atoms with E-state index in [1.807, 2.05) is 0 Å². The van der Waals surface area contributed by atoms with Gasteiger partial charge in [-0.15, -0.1) is 0 Å². The average molecular weight is 284 g/mol. The van der Waals surface area contributed by atoms with Gasteiger partial charge in [0.25, 0.3) is 10.2 Å². The van der Waals surface area contributed by atoms with Crippen LogP contribution in [-0.2, 0) is 16.6 Å². The molecule has 0 aromatic heterocycles. The van der Waals surface area contributed by atoms with Crippen molar-refractivity contribution in [3.05, 3.63) is 29.8 Å². The Bertz CT molecular complexity index is 564. The second-order valence-corrected chi connectivity index (χ2v) is 5.91. The fraction of sp³-hybridized carbons (Fsp3) is 0.364. The lowest BCUT2D eigenvalue weighted by atomic mass is 10.1. The van der Waals surface area contributed by atoms with E-state index >= 15 is 0 Å². The molecule has 0 saturated heterocycles. The molecule has 0 amide bonds. The summed E-state index contributed by atoms with van der Waals surface area (Å²) in [6, 6.07) is 6.76. The molecule has 1 aliphatic carbocycles. The van der Waals surface area contributed by atoms with Gasteiger partial charge in [0.1, 0.15) is 5.84 Å². The number of oxime groups is 1. The maximum absolute atomic E-state index is 11.7. The van der Waals surface area contributed by atoms with Crippen molar-refractivity contribution in [1.82, 2.24) is 4.72 Å². The zero-order valence-corrected chi connectivity index (χ0v) is 11.0. The highest BCUT2D eigenvalue weighted by Gasteiger charge is 2.26. The van der Waals surface area contributed by atoms with E-state index in [4.69, 9.17) is 10.9 Å². The minimum atomic E-state index is -3.50. The minimum Gasteiger partial charge on any atom is -0.409 e. The summed E-state index contributed by atoms with van der Waals surface area (Å²) in [6.45, 7) is 0. The van der Waals surface area contributed by atoms with Crippen molar-refractivity contribution >= 4 is 21.7 Å². The number of benzene rings is 1. The molecule has 1 aliphatic rings. The molecule has 5 N–H and O–H groups in total. The van der Waals surface area contributed by atoms with Gasteiger partial charge in [-0.25, -0.2) is 0 Å². The van der Waals surface area contributed by atoms with E-state index < -0.39 is 10.2 Å². The summed E-state index contributed by atoms with van der Waals surface area (Å²) in [4.78, 5) is 0. The van der Waals surface area contributed by atoms with Crippen molar-refractivity contribution < 1.29 is 13.6 Å². The average Bonchev–Trinajstić information content (AvgIpc) is 3.14. The van der Waals surface area contributed by atoms with E-state index in [0.717, 1.165) is 18.4 Å². The lowest BCUT2D eigenvalue weighted by molar-refractivity contribution is 0.317. The zero-order valence-electron chi connectivity index (χ0n) is 10.2. The largest absolute Gasteiger partial charge is 0.409 e. The molecule has 0 heterocycles. The van der Waals surface area contributed by atoms with Crippen LogP contribution in [0.5, 0.6) is 0 Å². The Kier molecular flexibility index (Phi) is 3.91. The molecule has 0 unspecified atom stereocenters. The Morgan fingerprint density at radius 1 is 1.37 bits per heavy atom. The van der Waals surface area contributed by atoms with Gasteiger partial charge in [-0.3, -0.25) is 4.72 Å². The van der Waals surface area contributed by atoms with Gasteiger partial charge in [0, 0.05) is 18.2 Å². The molecule has 8 heteroatoms. The van der Waals surface area contributed by atoms with Crippen molar-refractivity contribution in [3.63, 3.8) is 0 Å². The van der Waals surface area contributed by atoms with Crippen molar-refractivity contribution in [3.8, 4) is 0 Å². The first-order chi connectivity index (χ1) is 8.98. The summed E-state index contributed by atoms with van der Waals surface area (Å²) in [6.07, 6.45) is 2.09. The molecule has 0 radical (unpaired) electrons. The number of nitrogens with two attached hydrogens (primary N) is 1. The fourth-order valence-electron chi connectivity index (χ4n) is 1.54. The molecular weight excluding hydrogens is 268 g/mol. The number of anilines is 1. The smallest absolute Gasteiger partial charge is 0.299 e. The lowest BCUT2D eigenvalue weighted by Crippen LogP contribution is -2.31. The minimum absolute atomic E-state index is 0.0670. The lowest BCUT2D eigenvalue weighted by Gasteiger charge is -2.09. The van der Waals surface area contributed by atoms with Gasteiger partial charge < -0.3 is 10.9 Å². The van der Waals surface area contributed by atoms with E-state index in [2.05, 4.69) is 14.6 Å². The van der Waals surface area contributed by atoms with Gasteiger partial charge in [0.05, 0.1) is 0 Å². The second-order valence-electron chi connectivity index (χ2n) is 4.46. The van der Waals surface area contributed by atoms with Crippen LogP contribution in [0.15, 0.2) is 29.4 Å². The summed E-state index contributed by atoms with van der Waals surface area (Å²) in [7, 11) is -3.50. The van der Waals surface area contributed by atoms with Gasteiger partial charge in [0.15, 0.2) is 0 Å². The van der Waals surface area contributed by atoms with Crippen LogP contribution in [0.25, 0.3) is 0 Å². The first-order valence-electron chi connectivity index (χ1n) is 5.84. The molecule has 104 valence electrons.